The van der Waals surface area contributed by atoms with Crippen molar-refractivity contribution in [2.75, 3.05) is 7.11 Å². The summed E-state index contributed by atoms with van der Waals surface area (Å²) in [6.45, 7) is 4.16. The molecule has 7 heteroatoms. The molecule has 0 aliphatic heterocycles. The second-order valence-electron chi connectivity index (χ2n) is 6.21. The topological polar surface area (TPSA) is 60.3 Å². The van der Waals surface area contributed by atoms with Crippen molar-refractivity contribution < 1.29 is 13.2 Å². The van der Waals surface area contributed by atoms with Gasteiger partial charge in [-0.2, -0.15) is 0 Å². The van der Waals surface area contributed by atoms with Crippen LogP contribution < -0.4 is 9.46 Å². The van der Waals surface area contributed by atoms with Gasteiger partial charge in [-0.3, -0.25) is 0 Å². The van der Waals surface area contributed by atoms with Crippen LogP contribution in [0.3, 0.4) is 0 Å². The third-order valence-electron chi connectivity index (χ3n) is 4.43. The number of nitrogens with zero attached hydrogens (tertiary/aromatic N) is 1. The fraction of sp³-hybridized carbons (Fsp3) is 0.200. The summed E-state index contributed by atoms with van der Waals surface area (Å²) in [5, 5.41) is 0.385. The highest BCUT2D eigenvalue weighted by Gasteiger charge is 2.17. The van der Waals surface area contributed by atoms with Crippen LogP contribution in [-0.4, -0.2) is 20.1 Å². The van der Waals surface area contributed by atoms with E-state index in [1.54, 1.807) is 19.2 Å². The summed E-state index contributed by atoms with van der Waals surface area (Å²) < 4.78 is 35.0. The third-order valence-corrected chi connectivity index (χ3v) is 6.06. The molecular weight excluding hydrogens is 384 g/mol. The number of benzene rings is 2. The molecule has 0 aliphatic rings. The lowest BCUT2D eigenvalue weighted by Crippen LogP contribution is -2.23. The molecule has 0 amide bonds. The minimum Gasteiger partial charge on any atom is -0.497 e. The smallest absolute Gasteiger partial charge is 0.240 e. The summed E-state index contributed by atoms with van der Waals surface area (Å²) >= 11 is 5.90. The Morgan fingerprint density at radius 2 is 1.78 bits per heavy atom. The predicted molar refractivity (Wildman–Crippen MR) is 107 cm³/mol. The molecule has 1 aromatic heterocycles. The molecule has 142 valence electrons. The zero-order chi connectivity index (χ0) is 19.6. The first kappa shape index (κ1) is 19.5. The van der Waals surface area contributed by atoms with Gasteiger partial charge in [0.05, 0.1) is 12.0 Å². The van der Waals surface area contributed by atoms with Crippen molar-refractivity contribution >= 4 is 21.6 Å². The van der Waals surface area contributed by atoms with Crippen LogP contribution in [0.1, 0.15) is 17.0 Å². The number of ether oxygens (including phenoxy) is 1. The summed E-state index contributed by atoms with van der Waals surface area (Å²) in [5.74, 6) is 0.788. The first-order chi connectivity index (χ1) is 12.8. The fourth-order valence-electron chi connectivity index (χ4n) is 3.03. The van der Waals surface area contributed by atoms with Crippen LogP contribution in [0.15, 0.2) is 59.5 Å². The molecule has 0 atom stereocenters. The molecule has 1 heterocycles. The normalized spacial score (nSPS) is 11.6. The van der Waals surface area contributed by atoms with E-state index in [0.29, 0.717) is 5.02 Å². The Kier molecular flexibility index (Phi) is 5.60. The Bertz CT molecular complexity index is 1060. The maximum atomic E-state index is 12.5. The Morgan fingerprint density at radius 3 is 2.41 bits per heavy atom. The zero-order valence-electron chi connectivity index (χ0n) is 15.4. The van der Waals surface area contributed by atoms with Crippen LogP contribution in [0, 0.1) is 13.8 Å². The largest absolute Gasteiger partial charge is 0.497 e. The maximum Gasteiger partial charge on any atom is 0.240 e. The van der Waals surface area contributed by atoms with E-state index in [9.17, 15) is 8.42 Å². The number of aryl methyl sites for hydroxylation is 1. The molecule has 0 spiro atoms. The number of aromatic nitrogens is 1. The number of methoxy groups -OCH3 is 1. The zero-order valence-corrected chi connectivity index (χ0v) is 16.9. The van der Waals surface area contributed by atoms with Crippen LogP contribution in [0.2, 0.25) is 5.02 Å². The summed E-state index contributed by atoms with van der Waals surface area (Å²) in [6, 6.07) is 15.9. The molecule has 1 N–H and O–H groups in total. The highest BCUT2D eigenvalue weighted by molar-refractivity contribution is 7.89. The number of hydrogen-bond acceptors (Lipinski definition) is 3. The molecule has 3 aromatic rings. The molecule has 0 radical (unpaired) electrons. The SMILES string of the molecule is COc1ccc(-n2c(C)cc(CNS(=O)(=O)c3cccc(Cl)c3)c2C)cc1. The molecule has 0 fully saturated rings. The number of halogens is 1. The van der Waals surface area contributed by atoms with Crippen molar-refractivity contribution in [1.82, 2.24) is 9.29 Å². The number of sulfonamides is 1. The number of nitrogens with one attached hydrogen (secondary N) is 1. The summed E-state index contributed by atoms with van der Waals surface area (Å²) in [5.41, 5.74) is 3.91. The van der Waals surface area contributed by atoms with Crippen molar-refractivity contribution in [3.05, 3.63) is 76.6 Å². The van der Waals surface area contributed by atoms with Gasteiger partial charge in [0, 0.05) is 28.6 Å². The lowest BCUT2D eigenvalue weighted by molar-refractivity contribution is 0.414. The standard InChI is InChI=1S/C20H21ClN2O3S/c1-14-11-16(13-22-27(24,25)20-6-4-5-17(21)12-20)15(2)23(14)18-7-9-19(26-3)10-8-18/h4-12,22H,13H2,1-3H3. The van der Waals surface area contributed by atoms with Crippen LogP contribution >= 0.6 is 11.6 Å². The van der Waals surface area contributed by atoms with Crippen LogP contribution in [0.4, 0.5) is 0 Å². The van der Waals surface area contributed by atoms with Gasteiger partial charge in [-0.05, 0) is 67.9 Å². The predicted octanol–water partition coefficient (Wildman–Crippen LogP) is 4.23. The minimum atomic E-state index is -3.64. The van der Waals surface area contributed by atoms with Crippen LogP contribution in [-0.2, 0) is 16.6 Å². The molecule has 5 nitrogen and oxygen atoms in total. The van der Waals surface area contributed by atoms with E-state index in [4.69, 9.17) is 16.3 Å². The highest BCUT2D eigenvalue weighted by atomic mass is 35.5. The second-order valence-corrected chi connectivity index (χ2v) is 8.42. The van der Waals surface area contributed by atoms with E-state index < -0.39 is 10.0 Å². The van der Waals surface area contributed by atoms with Crippen molar-refractivity contribution in [2.45, 2.75) is 25.3 Å². The Morgan fingerprint density at radius 1 is 1.07 bits per heavy atom. The lowest BCUT2D eigenvalue weighted by Gasteiger charge is -2.11. The van der Waals surface area contributed by atoms with Crippen molar-refractivity contribution in [2.24, 2.45) is 0 Å². The first-order valence-corrected chi connectivity index (χ1v) is 10.3. The summed E-state index contributed by atoms with van der Waals surface area (Å²) in [7, 11) is -2.00. The van der Waals surface area contributed by atoms with Crippen LogP contribution in [0.25, 0.3) is 5.69 Å². The second kappa shape index (κ2) is 7.76. The monoisotopic (exact) mass is 404 g/mol. The third kappa shape index (κ3) is 4.18. The van der Waals surface area contributed by atoms with Crippen molar-refractivity contribution in [1.29, 1.82) is 0 Å². The van der Waals surface area contributed by atoms with E-state index in [1.807, 2.05) is 44.2 Å². The Labute approximate surface area is 164 Å². The quantitative estimate of drug-likeness (QED) is 0.668. The molecule has 2 aromatic carbocycles. The number of rotatable bonds is 6. The molecule has 27 heavy (non-hydrogen) atoms. The van der Waals surface area contributed by atoms with E-state index in [0.717, 1.165) is 28.4 Å². The highest BCUT2D eigenvalue weighted by Crippen LogP contribution is 2.23. The van der Waals surface area contributed by atoms with Gasteiger partial charge in [-0.1, -0.05) is 17.7 Å². The average molecular weight is 405 g/mol. The van der Waals surface area contributed by atoms with Gasteiger partial charge in [0.25, 0.3) is 0 Å². The maximum absolute atomic E-state index is 12.5. The molecule has 0 saturated heterocycles. The molecular formula is C20H21ClN2O3S. The average Bonchev–Trinajstić information content (AvgIpc) is 2.94. The minimum absolute atomic E-state index is 0.152. The van der Waals surface area contributed by atoms with Gasteiger partial charge in [0.2, 0.25) is 10.0 Å². The fourth-order valence-corrected chi connectivity index (χ4v) is 4.33. The van der Waals surface area contributed by atoms with Gasteiger partial charge in [-0.25, -0.2) is 13.1 Å². The molecule has 3 rings (SSSR count). The molecule has 0 aliphatic carbocycles. The van der Waals surface area contributed by atoms with E-state index in [-0.39, 0.29) is 11.4 Å². The van der Waals surface area contributed by atoms with Gasteiger partial charge >= 0.3 is 0 Å². The van der Waals surface area contributed by atoms with Gasteiger partial charge in [0.1, 0.15) is 5.75 Å². The van der Waals surface area contributed by atoms with E-state index in [2.05, 4.69) is 9.29 Å². The number of hydrogen-bond donors (Lipinski definition) is 1. The van der Waals surface area contributed by atoms with E-state index in [1.165, 1.54) is 12.1 Å². The summed E-state index contributed by atoms with van der Waals surface area (Å²) in [4.78, 5) is 0.152. The molecule has 0 saturated carbocycles. The van der Waals surface area contributed by atoms with Gasteiger partial charge in [0.15, 0.2) is 0 Å². The molecule has 0 unspecified atom stereocenters. The lowest BCUT2D eigenvalue weighted by atomic mass is 10.2. The van der Waals surface area contributed by atoms with Crippen molar-refractivity contribution in [3.63, 3.8) is 0 Å². The Balaban J connectivity index is 1.84. The van der Waals surface area contributed by atoms with Crippen LogP contribution in [0.5, 0.6) is 5.75 Å². The Hall–Kier alpha value is -2.28. The first-order valence-electron chi connectivity index (χ1n) is 8.39. The van der Waals surface area contributed by atoms with Crippen molar-refractivity contribution in [3.8, 4) is 11.4 Å². The van der Waals surface area contributed by atoms with Gasteiger partial charge < -0.3 is 9.30 Å². The molecule has 0 bridgehead atoms. The summed E-state index contributed by atoms with van der Waals surface area (Å²) in [6.07, 6.45) is 0. The van der Waals surface area contributed by atoms with Gasteiger partial charge in [-0.15, -0.1) is 0 Å². The van der Waals surface area contributed by atoms with E-state index >= 15 is 0 Å².